The molecule has 0 heterocycles. The van der Waals surface area contributed by atoms with Crippen molar-refractivity contribution in [1.82, 2.24) is 0 Å². The topological polar surface area (TPSA) is 0 Å². The Balaban J connectivity index is -0.000000114. The molecule has 0 atom stereocenters. The molecule has 0 spiro atoms. The lowest BCUT2D eigenvalue weighted by atomic mass is 10.4. The van der Waals surface area contributed by atoms with Crippen LogP contribution in [0.1, 0.15) is 39.5 Å². The van der Waals surface area contributed by atoms with Gasteiger partial charge in [0.15, 0.2) is 0 Å². The van der Waals surface area contributed by atoms with Crippen LogP contribution in [0.5, 0.6) is 0 Å². The first-order valence-corrected chi connectivity index (χ1v) is 3.95. The van der Waals surface area contributed by atoms with E-state index in [1.165, 1.54) is 12.8 Å². The van der Waals surface area contributed by atoms with Gasteiger partial charge >= 0.3 is 0 Å². The predicted octanol–water partition coefficient (Wildman–Crippen LogP) is 3.66. The van der Waals surface area contributed by atoms with Crippen LogP contribution in [0.25, 0.3) is 0 Å². The summed E-state index contributed by atoms with van der Waals surface area (Å²) in [6.07, 6.45) is 3.38. The van der Waals surface area contributed by atoms with E-state index in [0.717, 1.165) is 0 Å². The summed E-state index contributed by atoms with van der Waals surface area (Å²) in [4.78, 5) is 0. The van der Waals surface area contributed by atoms with Crippen LogP contribution in [0, 0.1) is 0 Å². The molecule has 0 aromatic heterocycles. The highest BCUT2D eigenvalue weighted by molar-refractivity contribution is 4.31. The summed E-state index contributed by atoms with van der Waals surface area (Å²) in [5, 5.41) is 0. The summed E-state index contributed by atoms with van der Waals surface area (Å²) in [6.45, 7) is 3.59. The number of hydrogen-bond acceptors (Lipinski definition) is 0. The molecule has 0 aromatic rings. The number of hydrogen-bond donors (Lipinski definition) is 0. The average molecular weight is 172 g/mol. The molecule has 72 valence electrons. The second-order valence-electron chi connectivity index (χ2n) is 2.09. The largest absolute Gasteiger partial charge is 0.269 e. The first-order chi connectivity index (χ1) is 4.83. The number of unbranched alkanes of at least 4 members (excludes halogenated alkanes) is 2. The van der Waals surface area contributed by atoms with Gasteiger partial charge in [-0.05, 0) is 12.8 Å². The Morgan fingerprint density at radius 1 is 0.818 bits per heavy atom. The Kier molecular flexibility index (Phi) is 35.0. The normalized spacial score (nSPS) is 7.64. The van der Waals surface area contributed by atoms with Gasteiger partial charge in [0.05, 0.1) is 13.3 Å². The van der Waals surface area contributed by atoms with Crippen molar-refractivity contribution in [2.45, 2.75) is 39.5 Å². The Bertz CT molecular complexity index is 34.3. The van der Waals surface area contributed by atoms with Gasteiger partial charge in [0.1, 0.15) is 0 Å². The van der Waals surface area contributed by atoms with Crippen LogP contribution >= 0.6 is 0 Å². The zero-order chi connectivity index (χ0) is 8.24. The van der Waals surface area contributed by atoms with Crippen molar-refractivity contribution >= 4 is 0 Å². The fourth-order valence-corrected chi connectivity index (χ4v) is 0.189. The minimum Gasteiger partial charge on any atom is -0.269 e. The van der Waals surface area contributed by atoms with Crippen LogP contribution in [0.4, 0.5) is 13.5 Å². The zero-order valence-electron chi connectivity index (χ0n) is 7.41. The monoisotopic (exact) mass is 172 g/mol. The quantitative estimate of drug-likeness (QED) is 0.567. The standard InChI is InChI=1S/C4H8F2.C4H10.FH/c5-3-1-2-4-6;1-3-4-2;/h1-4H2;3-4H2,1-2H3;1H. The van der Waals surface area contributed by atoms with Crippen molar-refractivity contribution in [3.05, 3.63) is 0 Å². The lowest BCUT2D eigenvalue weighted by molar-refractivity contribution is 0.409. The Morgan fingerprint density at radius 2 is 1.09 bits per heavy atom. The minimum atomic E-state index is -0.385. The third kappa shape index (κ3) is 41.4. The van der Waals surface area contributed by atoms with Gasteiger partial charge in [0.2, 0.25) is 0 Å². The number of alkyl halides is 2. The van der Waals surface area contributed by atoms with Crippen LogP contribution in [-0.2, 0) is 0 Å². The van der Waals surface area contributed by atoms with Crippen molar-refractivity contribution in [2.24, 2.45) is 0 Å². The van der Waals surface area contributed by atoms with Gasteiger partial charge in [-0.2, -0.15) is 0 Å². The molecule has 0 fully saturated rings. The molecule has 0 saturated carbocycles. The highest BCUT2D eigenvalue weighted by atomic mass is 19.1. The lowest BCUT2D eigenvalue weighted by Gasteiger charge is -1.81. The van der Waals surface area contributed by atoms with Gasteiger partial charge in [-0.25, -0.2) is 0 Å². The Labute approximate surface area is 67.4 Å². The highest BCUT2D eigenvalue weighted by Crippen LogP contribution is 1.87. The van der Waals surface area contributed by atoms with E-state index in [4.69, 9.17) is 0 Å². The SMILES string of the molecule is CCCC.F.FCCCCF. The molecule has 0 unspecified atom stereocenters. The maximum Gasteiger partial charge on any atom is 0.0895 e. The lowest BCUT2D eigenvalue weighted by Crippen LogP contribution is -1.76. The molecule has 0 aromatic carbocycles. The molecule has 0 N–H and O–H groups in total. The summed E-state index contributed by atoms with van der Waals surface area (Å²) >= 11 is 0. The van der Waals surface area contributed by atoms with Crippen molar-refractivity contribution < 1.29 is 13.5 Å². The molecule has 0 nitrogen and oxygen atoms in total. The van der Waals surface area contributed by atoms with E-state index in [-0.39, 0.29) is 18.1 Å². The number of halogens is 3. The van der Waals surface area contributed by atoms with Crippen LogP contribution in [0.15, 0.2) is 0 Å². The molecule has 0 saturated heterocycles. The van der Waals surface area contributed by atoms with E-state index in [1.807, 2.05) is 0 Å². The Hall–Kier alpha value is -0.210. The van der Waals surface area contributed by atoms with E-state index >= 15 is 0 Å². The van der Waals surface area contributed by atoms with E-state index < -0.39 is 0 Å². The van der Waals surface area contributed by atoms with Crippen molar-refractivity contribution in [2.75, 3.05) is 13.3 Å². The van der Waals surface area contributed by atoms with Crippen LogP contribution < -0.4 is 0 Å². The van der Waals surface area contributed by atoms with Gasteiger partial charge in [-0.15, -0.1) is 0 Å². The van der Waals surface area contributed by atoms with E-state index in [9.17, 15) is 8.78 Å². The van der Waals surface area contributed by atoms with Gasteiger partial charge in [0.25, 0.3) is 0 Å². The molecule has 0 amide bonds. The van der Waals surface area contributed by atoms with E-state index in [1.54, 1.807) is 0 Å². The molecule has 0 aliphatic heterocycles. The van der Waals surface area contributed by atoms with Crippen LogP contribution in [0.3, 0.4) is 0 Å². The average Bonchev–Trinajstić information content (AvgIpc) is 2.01. The second kappa shape index (κ2) is 22.6. The molecule has 11 heavy (non-hydrogen) atoms. The molecule has 3 heteroatoms. The summed E-state index contributed by atoms with van der Waals surface area (Å²) in [5.74, 6) is 0. The van der Waals surface area contributed by atoms with Crippen LogP contribution in [-0.4, -0.2) is 13.3 Å². The molecular weight excluding hydrogens is 153 g/mol. The minimum absolute atomic E-state index is 0. The molecule has 0 bridgehead atoms. The third-order valence-corrected chi connectivity index (χ3v) is 1.02. The summed E-state index contributed by atoms with van der Waals surface area (Å²) < 4.78 is 22.0. The number of rotatable bonds is 4. The third-order valence-electron chi connectivity index (χ3n) is 1.02. The van der Waals surface area contributed by atoms with Crippen molar-refractivity contribution in [1.29, 1.82) is 0 Å². The molecule has 0 rings (SSSR count). The molecular formula is C8H19F3. The summed E-state index contributed by atoms with van der Waals surface area (Å²) in [5.41, 5.74) is 0. The maximum atomic E-state index is 11.0. The first-order valence-electron chi connectivity index (χ1n) is 3.95. The van der Waals surface area contributed by atoms with Crippen LogP contribution in [0.2, 0.25) is 0 Å². The summed E-state index contributed by atoms with van der Waals surface area (Å²) in [7, 11) is 0. The van der Waals surface area contributed by atoms with E-state index in [2.05, 4.69) is 13.8 Å². The summed E-state index contributed by atoms with van der Waals surface area (Å²) in [6, 6.07) is 0. The molecule has 0 aliphatic carbocycles. The van der Waals surface area contributed by atoms with Crippen molar-refractivity contribution in [3.63, 3.8) is 0 Å². The predicted molar refractivity (Wildman–Crippen MR) is 44.3 cm³/mol. The molecule has 0 radical (unpaired) electrons. The molecule has 0 aliphatic rings. The Morgan fingerprint density at radius 3 is 1.18 bits per heavy atom. The van der Waals surface area contributed by atoms with Gasteiger partial charge in [0, 0.05) is 0 Å². The smallest absolute Gasteiger partial charge is 0.0895 e. The van der Waals surface area contributed by atoms with Gasteiger partial charge < -0.3 is 0 Å². The van der Waals surface area contributed by atoms with Gasteiger partial charge in [-0.1, -0.05) is 26.7 Å². The zero-order valence-corrected chi connectivity index (χ0v) is 7.41. The maximum absolute atomic E-state index is 11.0. The second-order valence-corrected chi connectivity index (χ2v) is 2.09. The van der Waals surface area contributed by atoms with Gasteiger partial charge in [-0.3, -0.25) is 13.5 Å². The van der Waals surface area contributed by atoms with E-state index in [0.29, 0.717) is 12.8 Å². The highest BCUT2D eigenvalue weighted by Gasteiger charge is 1.80. The van der Waals surface area contributed by atoms with Crippen molar-refractivity contribution in [3.8, 4) is 0 Å². The first kappa shape index (κ1) is 17.0. The fourth-order valence-electron chi connectivity index (χ4n) is 0.189. The fraction of sp³-hybridized carbons (Fsp3) is 1.00.